The van der Waals surface area contributed by atoms with Gasteiger partial charge in [-0.25, -0.2) is 0 Å². The molecule has 1 aliphatic heterocycles. The second kappa shape index (κ2) is 8.42. The second-order valence-electron chi connectivity index (χ2n) is 12.9. The molecule has 6 rings (SSSR count). The minimum absolute atomic E-state index is 0.00444. The maximum Gasteiger partial charge on any atom is 0.253 e. The number of rotatable bonds is 5. The van der Waals surface area contributed by atoms with E-state index in [1.807, 2.05) is 0 Å². The molecule has 0 unspecified atom stereocenters. The van der Waals surface area contributed by atoms with Crippen LogP contribution in [0.15, 0.2) is 18.2 Å². The third kappa shape index (κ3) is 4.32. The zero-order valence-corrected chi connectivity index (χ0v) is 22.1. The highest BCUT2D eigenvalue weighted by molar-refractivity contribution is 5.97. The van der Waals surface area contributed by atoms with E-state index < -0.39 is 0 Å². The zero-order valence-electron chi connectivity index (χ0n) is 22.1. The Morgan fingerprint density at radius 2 is 1.80 bits per heavy atom. The predicted molar refractivity (Wildman–Crippen MR) is 141 cm³/mol. The standard InChI is InChI=1S/C31H42N2O2/c1-20-24(29(34)32-23-10-11-23)18-27(33(20)19-21-8-6-5-7-9-21)22-16-25(30(2,3)4)28-26(17-22)31(12-13-31)14-15-35-28/h16-18,21,23H,5-15,19H2,1-4H3,(H,32,34). The maximum atomic E-state index is 13.2. The molecule has 1 spiro atoms. The molecule has 0 radical (unpaired) electrons. The lowest BCUT2D eigenvalue weighted by Gasteiger charge is -2.33. The minimum Gasteiger partial charge on any atom is -0.493 e. The van der Waals surface area contributed by atoms with Gasteiger partial charge in [0.05, 0.1) is 12.2 Å². The van der Waals surface area contributed by atoms with E-state index in [-0.39, 0.29) is 11.3 Å². The van der Waals surface area contributed by atoms with E-state index in [0.29, 0.717) is 17.4 Å². The van der Waals surface area contributed by atoms with E-state index >= 15 is 0 Å². The van der Waals surface area contributed by atoms with Crippen LogP contribution < -0.4 is 10.1 Å². The third-order valence-electron chi connectivity index (χ3n) is 9.13. The maximum absolute atomic E-state index is 13.2. The van der Waals surface area contributed by atoms with E-state index in [2.05, 4.69) is 55.8 Å². The van der Waals surface area contributed by atoms with E-state index in [9.17, 15) is 4.79 Å². The van der Waals surface area contributed by atoms with Crippen LogP contribution in [0.1, 0.15) is 112 Å². The predicted octanol–water partition coefficient (Wildman–Crippen LogP) is 7.05. The van der Waals surface area contributed by atoms with Crippen molar-refractivity contribution in [2.24, 2.45) is 5.92 Å². The molecule has 188 valence electrons. The van der Waals surface area contributed by atoms with Crippen molar-refractivity contribution in [2.45, 2.75) is 115 Å². The van der Waals surface area contributed by atoms with Crippen molar-refractivity contribution < 1.29 is 9.53 Å². The molecule has 4 heteroatoms. The lowest BCUT2D eigenvalue weighted by molar-refractivity contribution is 0.0950. The van der Waals surface area contributed by atoms with Crippen molar-refractivity contribution in [2.75, 3.05) is 6.61 Å². The van der Waals surface area contributed by atoms with Crippen LogP contribution in [0.2, 0.25) is 0 Å². The van der Waals surface area contributed by atoms with Crippen LogP contribution in [0, 0.1) is 12.8 Å². The summed E-state index contributed by atoms with van der Waals surface area (Å²) in [6, 6.07) is 7.35. The highest BCUT2D eigenvalue weighted by atomic mass is 16.5. The summed E-state index contributed by atoms with van der Waals surface area (Å²) in [5, 5.41) is 3.24. The molecule has 1 aromatic heterocycles. The quantitative estimate of drug-likeness (QED) is 0.505. The molecule has 4 aliphatic rings. The first-order valence-corrected chi connectivity index (χ1v) is 14.1. The van der Waals surface area contributed by atoms with Crippen molar-refractivity contribution in [1.29, 1.82) is 0 Å². The van der Waals surface area contributed by atoms with Gasteiger partial charge in [-0.05, 0) is 87.0 Å². The number of benzene rings is 1. The Morgan fingerprint density at radius 3 is 2.46 bits per heavy atom. The number of carbonyl (C=O) groups is 1. The van der Waals surface area contributed by atoms with Gasteiger partial charge in [-0.15, -0.1) is 0 Å². The van der Waals surface area contributed by atoms with E-state index in [1.165, 1.54) is 67.3 Å². The summed E-state index contributed by atoms with van der Waals surface area (Å²) < 4.78 is 8.83. The molecule has 0 atom stereocenters. The summed E-state index contributed by atoms with van der Waals surface area (Å²) in [6.07, 6.45) is 12.5. The Morgan fingerprint density at radius 1 is 1.06 bits per heavy atom. The number of hydrogen-bond donors (Lipinski definition) is 1. The normalized spacial score (nSPS) is 21.5. The Hall–Kier alpha value is -2.23. The molecule has 35 heavy (non-hydrogen) atoms. The summed E-state index contributed by atoms with van der Waals surface area (Å²) in [4.78, 5) is 13.2. The average molecular weight is 475 g/mol. The summed E-state index contributed by atoms with van der Waals surface area (Å²) in [7, 11) is 0. The van der Waals surface area contributed by atoms with Gasteiger partial charge in [-0.1, -0.05) is 40.0 Å². The van der Waals surface area contributed by atoms with Crippen molar-refractivity contribution in [3.05, 3.63) is 40.6 Å². The smallest absolute Gasteiger partial charge is 0.253 e. The third-order valence-corrected chi connectivity index (χ3v) is 9.13. The van der Waals surface area contributed by atoms with Crippen molar-refractivity contribution >= 4 is 5.91 Å². The number of ether oxygens (including phenoxy) is 1. The minimum atomic E-state index is -0.00444. The van der Waals surface area contributed by atoms with Gasteiger partial charge < -0.3 is 14.6 Å². The van der Waals surface area contributed by atoms with Gasteiger partial charge in [0.1, 0.15) is 5.75 Å². The van der Waals surface area contributed by atoms with Crippen LogP contribution in [-0.4, -0.2) is 23.1 Å². The van der Waals surface area contributed by atoms with E-state index in [4.69, 9.17) is 4.74 Å². The van der Waals surface area contributed by atoms with Crippen LogP contribution in [-0.2, 0) is 17.4 Å². The fourth-order valence-corrected chi connectivity index (χ4v) is 6.50. The number of fused-ring (bicyclic) bond motifs is 2. The molecular weight excluding hydrogens is 432 g/mol. The van der Waals surface area contributed by atoms with Crippen molar-refractivity contribution in [1.82, 2.24) is 9.88 Å². The first kappa shape index (κ1) is 23.2. The van der Waals surface area contributed by atoms with Crippen molar-refractivity contribution in [3.63, 3.8) is 0 Å². The summed E-state index contributed by atoms with van der Waals surface area (Å²) in [5.74, 6) is 1.94. The number of nitrogens with zero attached hydrogens (tertiary/aromatic N) is 1. The molecule has 0 bridgehead atoms. The lowest BCUT2D eigenvalue weighted by Crippen LogP contribution is -2.26. The first-order chi connectivity index (χ1) is 16.7. The Bertz CT molecular complexity index is 1120. The molecule has 4 nitrogen and oxygen atoms in total. The van der Waals surface area contributed by atoms with Crippen LogP contribution in [0.4, 0.5) is 0 Å². The summed E-state index contributed by atoms with van der Waals surface area (Å²) in [5.41, 5.74) is 7.48. The SMILES string of the molecule is Cc1c(C(=O)NC2CC2)cc(-c2cc(C(C)(C)C)c3c(c2)C2(CCO3)CC2)n1CC1CCCCC1. The lowest BCUT2D eigenvalue weighted by atomic mass is 9.79. The van der Waals surface area contributed by atoms with Gasteiger partial charge in [0.2, 0.25) is 0 Å². The van der Waals surface area contributed by atoms with Crippen LogP contribution in [0.25, 0.3) is 11.3 Å². The Balaban J connectivity index is 1.48. The molecule has 3 aliphatic carbocycles. The number of carbonyl (C=O) groups excluding carboxylic acids is 1. The van der Waals surface area contributed by atoms with Gasteiger partial charge >= 0.3 is 0 Å². The van der Waals surface area contributed by atoms with Crippen LogP contribution >= 0.6 is 0 Å². The van der Waals surface area contributed by atoms with Gasteiger partial charge in [-0.3, -0.25) is 4.79 Å². The largest absolute Gasteiger partial charge is 0.493 e. The second-order valence-corrected chi connectivity index (χ2v) is 12.9. The fraction of sp³-hybridized carbons (Fsp3) is 0.645. The number of hydrogen-bond acceptors (Lipinski definition) is 2. The highest BCUT2D eigenvalue weighted by Gasteiger charge is 2.49. The van der Waals surface area contributed by atoms with Gasteiger partial charge in [0.15, 0.2) is 0 Å². The van der Waals surface area contributed by atoms with E-state index in [1.54, 1.807) is 0 Å². The monoisotopic (exact) mass is 474 g/mol. The summed E-state index contributed by atoms with van der Waals surface area (Å²) in [6.45, 7) is 10.9. The average Bonchev–Trinajstić information content (AvgIpc) is 3.76. The molecule has 1 amide bonds. The molecule has 1 N–H and O–H groups in total. The molecule has 2 heterocycles. The van der Waals surface area contributed by atoms with E-state index in [0.717, 1.165) is 49.4 Å². The number of nitrogens with one attached hydrogen (secondary N) is 1. The van der Waals surface area contributed by atoms with Crippen LogP contribution in [0.5, 0.6) is 5.75 Å². The number of aromatic nitrogens is 1. The van der Waals surface area contributed by atoms with Crippen LogP contribution in [0.3, 0.4) is 0 Å². The number of amides is 1. The topological polar surface area (TPSA) is 43.3 Å². The van der Waals surface area contributed by atoms with Gasteiger partial charge in [0.25, 0.3) is 5.91 Å². The Labute approximate surface area is 210 Å². The Kier molecular flexibility index (Phi) is 5.58. The van der Waals surface area contributed by atoms with Crippen molar-refractivity contribution in [3.8, 4) is 17.0 Å². The van der Waals surface area contributed by atoms with Gasteiger partial charge in [-0.2, -0.15) is 0 Å². The molecule has 3 saturated carbocycles. The molecular formula is C31H42N2O2. The molecule has 2 aromatic rings. The fourth-order valence-electron chi connectivity index (χ4n) is 6.50. The molecule has 0 saturated heterocycles. The zero-order chi connectivity index (χ0) is 24.4. The van der Waals surface area contributed by atoms with Gasteiger partial charge in [0, 0.05) is 40.5 Å². The first-order valence-electron chi connectivity index (χ1n) is 14.1. The highest BCUT2D eigenvalue weighted by Crippen LogP contribution is 2.58. The molecule has 3 fully saturated rings. The molecule has 1 aromatic carbocycles. The summed E-state index contributed by atoms with van der Waals surface area (Å²) >= 11 is 0.